The molecule has 0 fully saturated rings. The fourth-order valence-electron chi connectivity index (χ4n) is 3.36. The van der Waals surface area contributed by atoms with Gasteiger partial charge in [0.25, 0.3) is 0 Å². The zero-order valence-corrected chi connectivity index (χ0v) is 16.7. The Bertz CT molecular complexity index is 1270. The zero-order valence-electron chi connectivity index (χ0n) is 15.9. The van der Waals surface area contributed by atoms with Crippen LogP contribution in [0.15, 0.2) is 48.8 Å². The van der Waals surface area contributed by atoms with Crippen LogP contribution >= 0.6 is 0 Å². The van der Waals surface area contributed by atoms with Gasteiger partial charge in [0.2, 0.25) is 10.0 Å². The number of aromatic nitrogens is 4. The smallest absolute Gasteiger partial charge is 0.229 e. The van der Waals surface area contributed by atoms with Gasteiger partial charge in [0.15, 0.2) is 0 Å². The monoisotopic (exact) mass is 395 g/mol. The summed E-state index contributed by atoms with van der Waals surface area (Å²) >= 11 is 0. The third kappa shape index (κ3) is 3.77. The minimum atomic E-state index is -3.32. The molecule has 0 atom stereocenters. The van der Waals surface area contributed by atoms with Gasteiger partial charge >= 0.3 is 0 Å². The Balaban J connectivity index is 1.72. The van der Waals surface area contributed by atoms with Gasteiger partial charge in [-0.3, -0.25) is 9.40 Å². The first kappa shape index (κ1) is 18.2. The maximum atomic E-state index is 11.5. The second-order valence-corrected chi connectivity index (χ2v) is 8.72. The Kier molecular flexibility index (Phi) is 4.43. The van der Waals surface area contributed by atoms with E-state index in [1.165, 1.54) is 0 Å². The molecule has 2 N–H and O–H groups in total. The van der Waals surface area contributed by atoms with Crippen LogP contribution in [0.2, 0.25) is 0 Å². The van der Waals surface area contributed by atoms with Gasteiger partial charge in [0, 0.05) is 48.2 Å². The predicted molar refractivity (Wildman–Crippen MR) is 111 cm³/mol. The van der Waals surface area contributed by atoms with Crippen LogP contribution in [-0.2, 0) is 23.5 Å². The van der Waals surface area contributed by atoms with Crippen LogP contribution in [0.4, 0.5) is 5.69 Å². The molecule has 144 valence electrons. The van der Waals surface area contributed by atoms with E-state index in [2.05, 4.69) is 31.9 Å². The third-order valence-corrected chi connectivity index (χ3v) is 5.19. The van der Waals surface area contributed by atoms with Crippen molar-refractivity contribution in [1.29, 1.82) is 0 Å². The summed E-state index contributed by atoms with van der Waals surface area (Å²) < 4.78 is 27.4. The van der Waals surface area contributed by atoms with Crippen molar-refractivity contribution in [2.24, 2.45) is 7.05 Å². The highest BCUT2D eigenvalue weighted by Gasteiger charge is 2.11. The van der Waals surface area contributed by atoms with Crippen LogP contribution in [-0.4, -0.2) is 34.4 Å². The van der Waals surface area contributed by atoms with Crippen molar-refractivity contribution in [3.8, 4) is 11.1 Å². The lowest BCUT2D eigenvalue weighted by atomic mass is 10.0. The number of nitrogens with one attached hydrogen (secondary N) is 2. The molecule has 4 rings (SSSR count). The molecular formula is C20H21N5O2S. The quantitative estimate of drug-likeness (QED) is 0.543. The highest BCUT2D eigenvalue weighted by Crippen LogP contribution is 2.28. The molecule has 0 aliphatic rings. The second kappa shape index (κ2) is 6.79. The lowest BCUT2D eigenvalue weighted by Crippen LogP contribution is -2.09. The number of aromatic amines is 1. The number of aryl methyl sites for hydroxylation is 2. The maximum absolute atomic E-state index is 11.5. The topological polar surface area (TPSA) is 92.7 Å². The maximum Gasteiger partial charge on any atom is 0.229 e. The first-order chi connectivity index (χ1) is 13.3. The van der Waals surface area contributed by atoms with Crippen LogP contribution < -0.4 is 4.72 Å². The first-order valence-electron chi connectivity index (χ1n) is 8.82. The SMILES string of the molecule is Cc1cc(Cc2c[nH]c3ncc(-c4cccc(NS(C)(=O)=O)c4)cc23)n(C)n1. The van der Waals surface area contributed by atoms with Crippen molar-refractivity contribution < 1.29 is 8.42 Å². The number of rotatable bonds is 5. The molecule has 8 heteroatoms. The molecule has 0 saturated heterocycles. The molecule has 0 amide bonds. The summed E-state index contributed by atoms with van der Waals surface area (Å²) in [5, 5.41) is 5.45. The van der Waals surface area contributed by atoms with Gasteiger partial charge in [-0.25, -0.2) is 13.4 Å². The molecular weight excluding hydrogens is 374 g/mol. The van der Waals surface area contributed by atoms with E-state index in [1.807, 2.05) is 37.0 Å². The van der Waals surface area contributed by atoms with E-state index in [0.717, 1.165) is 51.8 Å². The Morgan fingerprint density at radius 1 is 1.18 bits per heavy atom. The molecule has 0 aliphatic heterocycles. The van der Waals surface area contributed by atoms with E-state index >= 15 is 0 Å². The Labute approximate surface area is 163 Å². The summed E-state index contributed by atoms with van der Waals surface area (Å²) in [6.07, 6.45) is 5.65. The number of hydrogen-bond acceptors (Lipinski definition) is 4. The summed E-state index contributed by atoms with van der Waals surface area (Å²) in [5.41, 5.74) is 6.42. The molecule has 28 heavy (non-hydrogen) atoms. The lowest BCUT2D eigenvalue weighted by molar-refractivity contribution is 0.607. The molecule has 3 heterocycles. The van der Waals surface area contributed by atoms with Crippen molar-refractivity contribution in [1.82, 2.24) is 19.7 Å². The minimum Gasteiger partial charge on any atom is -0.346 e. The summed E-state index contributed by atoms with van der Waals surface area (Å²) in [5.74, 6) is 0. The fourth-order valence-corrected chi connectivity index (χ4v) is 3.92. The number of benzene rings is 1. The second-order valence-electron chi connectivity index (χ2n) is 6.97. The van der Waals surface area contributed by atoms with Crippen molar-refractivity contribution in [2.45, 2.75) is 13.3 Å². The van der Waals surface area contributed by atoms with Crippen LogP contribution in [0.3, 0.4) is 0 Å². The van der Waals surface area contributed by atoms with E-state index < -0.39 is 10.0 Å². The summed E-state index contributed by atoms with van der Waals surface area (Å²) in [7, 11) is -1.38. The molecule has 4 aromatic rings. The number of H-pyrrole nitrogens is 1. The summed E-state index contributed by atoms with van der Waals surface area (Å²) in [6, 6.07) is 11.5. The third-order valence-electron chi connectivity index (χ3n) is 4.59. The Hall–Kier alpha value is -3.13. The largest absolute Gasteiger partial charge is 0.346 e. The van der Waals surface area contributed by atoms with Crippen molar-refractivity contribution >= 4 is 26.7 Å². The average molecular weight is 395 g/mol. The molecule has 0 aliphatic carbocycles. The van der Waals surface area contributed by atoms with Gasteiger partial charge in [-0.2, -0.15) is 5.10 Å². The van der Waals surface area contributed by atoms with Gasteiger partial charge in [0.1, 0.15) is 5.65 Å². The van der Waals surface area contributed by atoms with E-state index in [-0.39, 0.29) is 0 Å². The van der Waals surface area contributed by atoms with Crippen LogP contribution in [0.5, 0.6) is 0 Å². The molecule has 0 radical (unpaired) electrons. The summed E-state index contributed by atoms with van der Waals surface area (Å²) in [4.78, 5) is 7.76. The molecule has 1 aromatic carbocycles. The van der Waals surface area contributed by atoms with Crippen molar-refractivity contribution in [3.63, 3.8) is 0 Å². The van der Waals surface area contributed by atoms with Crippen LogP contribution in [0.1, 0.15) is 17.0 Å². The first-order valence-corrected chi connectivity index (χ1v) is 10.7. The van der Waals surface area contributed by atoms with E-state index in [1.54, 1.807) is 18.3 Å². The number of nitrogens with zero attached hydrogens (tertiary/aromatic N) is 3. The van der Waals surface area contributed by atoms with Gasteiger partial charge in [-0.05, 0) is 42.3 Å². The number of sulfonamides is 1. The fraction of sp³-hybridized carbons (Fsp3) is 0.200. The van der Waals surface area contributed by atoms with Crippen LogP contribution in [0.25, 0.3) is 22.2 Å². The van der Waals surface area contributed by atoms with E-state index in [0.29, 0.717) is 5.69 Å². The predicted octanol–water partition coefficient (Wildman–Crippen LogP) is 3.23. The average Bonchev–Trinajstić information content (AvgIpc) is 3.16. The van der Waals surface area contributed by atoms with Gasteiger partial charge in [-0.15, -0.1) is 0 Å². The van der Waals surface area contributed by atoms with E-state index in [9.17, 15) is 8.42 Å². The van der Waals surface area contributed by atoms with Gasteiger partial charge in [0.05, 0.1) is 11.9 Å². The molecule has 0 spiro atoms. The molecule has 0 unspecified atom stereocenters. The highest BCUT2D eigenvalue weighted by atomic mass is 32.2. The minimum absolute atomic E-state index is 0.528. The summed E-state index contributed by atoms with van der Waals surface area (Å²) in [6.45, 7) is 1.98. The number of anilines is 1. The van der Waals surface area contributed by atoms with Gasteiger partial charge < -0.3 is 4.98 Å². The molecule has 3 aromatic heterocycles. The highest BCUT2D eigenvalue weighted by molar-refractivity contribution is 7.92. The number of fused-ring (bicyclic) bond motifs is 1. The van der Waals surface area contributed by atoms with Crippen molar-refractivity contribution in [3.05, 3.63) is 65.7 Å². The molecule has 0 bridgehead atoms. The number of pyridine rings is 1. The zero-order chi connectivity index (χ0) is 19.9. The normalized spacial score (nSPS) is 11.8. The van der Waals surface area contributed by atoms with Gasteiger partial charge in [-0.1, -0.05) is 12.1 Å². The van der Waals surface area contributed by atoms with Crippen molar-refractivity contribution in [2.75, 3.05) is 11.0 Å². The Morgan fingerprint density at radius 2 is 2.00 bits per heavy atom. The molecule has 0 saturated carbocycles. The van der Waals surface area contributed by atoms with Crippen LogP contribution in [0, 0.1) is 6.92 Å². The van der Waals surface area contributed by atoms with E-state index in [4.69, 9.17) is 0 Å². The Morgan fingerprint density at radius 3 is 2.71 bits per heavy atom. The number of hydrogen-bond donors (Lipinski definition) is 2. The molecule has 7 nitrogen and oxygen atoms in total. The standard InChI is InChI=1S/C20H21N5O2S/c1-13-7-18(25(2)23-13)9-16-12-22-20-19(16)10-15(11-21-20)14-5-4-6-17(8-14)24-28(3,26)27/h4-8,10-12,24H,9H2,1-3H3,(H,21,22). The lowest BCUT2D eigenvalue weighted by Gasteiger charge is -2.07.